The van der Waals surface area contributed by atoms with Crippen LogP contribution in [0.2, 0.25) is 0 Å². The molecule has 1 aromatic heterocycles. The molecular formula is C20H24N2O4. The Labute approximate surface area is 153 Å². The summed E-state index contributed by atoms with van der Waals surface area (Å²) in [4.78, 5) is 29.0. The highest BCUT2D eigenvalue weighted by Gasteiger charge is 2.26. The number of rotatable bonds is 4. The predicted molar refractivity (Wildman–Crippen MR) is 97.5 cm³/mol. The topological polar surface area (TPSA) is 63.0 Å². The Morgan fingerprint density at radius 1 is 1.00 bits per heavy atom. The van der Waals surface area contributed by atoms with Crippen molar-refractivity contribution in [3.05, 3.63) is 53.5 Å². The van der Waals surface area contributed by atoms with Crippen LogP contribution in [0.3, 0.4) is 0 Å². The van der Waals surface area contributed by atoms with Gasteiger partial charge in [-0.1, -0.05) is 19.1 Å². The van der Waals surface area contributed by atoms with E-state index >= 15 is 0 Å². The zero-order valence-corrected chi connectivity index (χ0v) is 15.2. The van der Waals surface area contributed by atoms with Crippen LogP contribution in [-0.2, 0) is 6.42 Å². The molecule has 0 unspecified atom stereocenters. The average Bonchev–Trinajstić information content (AvgIpc) is 3.03. The Hall–Kier alpha value is -2.76. The molecule has 26 heavy (non-hydrogen) atoms. The summed E-state index contributed by atoms with van der Waals surface area (Å²) in [6.45, 7) is 4.18. The second-order valence-corrected chi connectivity index (χ2v) is 6.26. The van der Waals surface area contributed by atoms with Gasteiger partial charge in [-0.05, 0) is 30.7 Å². The highest BCUT2D eigenvalue weighted by atomic mass is 16.5. The minimum Gasteiger partial charge on any atom is -0.496 e. The summed E-state index contributed by atoms with van der Waals surface area (Å²) in [5.41, 5.74) is 0.549. The maximum atomic E-state index is 12.8. The van der Waals surface area contributed by atoms with Gasteiger partial charge in [-0.15, -0.1) is 0 Å². The summed E-state index contributed by atoms with van der Waals surface area (Å²) in [5, 5.41) is 0. The monoisotopic (exact) mass is 356 g/mol. The number of benzene rings is 1. The third-order valence-corrected chi connectivity index (χ3v) is 4.63. The van der Waals surface area contributed by atoms with Gasteiger partial charge in [0, 0.05) is 32.6 Å². The van der Waals surface area contributed by atoms with Gasteiger partial charge in [-0.2, -0.15) is 0 Å². The van der Waals surface area contributed by atoms with E-state index in [0.29, 0.717) is 43.3 Å². The van der Waals surface area contributed by atoms with E-state index in [9.17, 15) is 9.59 Å². The van der Waals surface area contributed by atoms with Crippen molar-refractivity contribution >= 4 is 11.8 Å². The fourth-order valence-electron chi connectivity index (χ4n) is 3.15. The summed E-state index contributed by atoms with van der Waals surface area (Å²) in [6.07, 6.45) is 1.49. The van der Waals surface area contributed by atoms with Gasteiger partial charge < -0.3 is 19.0 Å². The number of carbonyl (C=O) groups is 2. The van der Waals surface area contributed by atoms with E-state index in [4.69, 9.17) is 9.15 Å². The first-order valence-corrected chi connectivity index (χ1v) is 8.94. The largest absolute Gasteiger partial charge is 0.496 e. The lowest BCUT2D eigenvalue weighted by atomic mass is 10.1. The van der Waals surface area contributed by atoms with Gasteiger partial charge in [0.1, 0.15) is 11.5 Å². The lowest BCUT2D eigenvalue weighted by Crippen LogP contribution is -2.37. The summed E-state index contributed by atoms with van der Waals surface area (Å²) in [5.74, 6) is 1.55. The summed E-state index contributed by atoms with van der Waals surface area (Å²) in [6, 6.07) is 10.8. The maximum Gasteiger partial charge on any atom is 0.289 e. The van der Waals surface area contributed by atoms with Crippen molar-refractivity contribution in [2.45, 2.75) is 19.8 Å². The fraction of sp³-hybridized carbons (Fsp3) is 0.400. The molecule has 0 saturated carbocycles. The van der Waals surface area contributed by atoms with Crippen LogP contribution in [0, 0.1) is 0 Å². The van der Waals surface area contributed by atoms with Crippen molar-refractivity contribution in [1.82, 2.24) is 9.80 Å². The van der Waals surface area contributed by atoms with Crippen molar-refractivity contribution in [3.63, 3.8) is 0 Å². The molecule has 0 atom stereocenters. The summed E-state index contributed by atoms with van der Waals surface area (Å²) >= 11 is 0. The van der Waals surface area contributed by atoms with Crippen LogP contribution < -0.4 is 4.74 Å². The Morgan fingerprint density at radius 3 is 2.35 bits per heavy atom. The molecule has 0 spiro atoms. The molecule has 138 valence electrons. The van der Waals surface area contributed by atoms with Gasteiger partial charge in [-0.25, -0.2) is 0 Å². The molecule has 2 aromatic rings. The quantitative estimate of drug-likeness (QED) is 0.845. The smallest absolute Gasteiger partial charge is 0.289 e. The van der Waals surface area contributed by atoms with Crippen molar-refractivity contribution in [2.24, 2.45) is 0 Å². The van der Waals surface area contributed by atoms with E-state index in [-0.39, 0.29) is 11.8 Å². The van der Waals surface area contributed by atoms with Crippen molar-refractivity contribution in [3.8, 4) is 5.75 Å². The fourth-order valence-corrected chi connectivity index (χ4v) is 3.15. The number of hydrogen-bond acceptors (Lipinski definition) is 4. The van der Waals surface area contributed by atoms with Gasteiger partial charge in [0.15, 0.2) is 5.76 Å². The predicted octanol–water partition coefficient (Wildman–Crippen LogP) is 2.84. The first-order valence-electron chi connectivity index (χ1n) is 8.94. The van der Waals surface area contributed by atoms with Crippen LogP contribution in [0.25, 0.3) is 0 Å². The lowest BCUT2D eigenvalue weighted by Gasteiger charge is -2.22. The van der Waals surface area contributed by atoms with Gasteiger partial charge in [0.25, 0.3) is 11.8 Å². The van der Waals surface area contributed by atoms with Gasteiger partial charge in [0.2, 0.25) is 0 Å². The first kappa shape index (κ1) is 18.0. The molecule has 0 bridgehead atoms. The molecule has 3 rings (SSSR count). The molecule has 1 aliphatic rings. The highest BCUT2D eigenvalue weighted by molar-refractivity contribution is 5.97. The lowest BCUT2D eigenvalue weighted by molar-refractivity contribution is 0.0698. The maximum absolute atomic E-state index is 12.8. The Bertz CT molecular complexity index is 784. The molecule has 1 aromatic carbocycles. The Balaban J connectivity index is 1.68. The number of methoxy groups -OCH3 is 1. The van der Waals surface area contributed by atoms with Gasteiger partial charge in [-0.3, -0.25) is 9.59 Å². The zero-order valence-electron chi connectivity index (χ0n) is 15.2. The van der Waals surface area contributed by atoms with Gasteiger partial charge >= 0.3 is 0 Å². The van der Waals surface area contributed by atoms with Crippen LogP contribution in [0.1, 0.15) is 40.0 Å². The van der Waals surface area contributed by atoms with E-state index < -0.39 is 0 Å². The van der Waals surface area contributed by atoms with Crippen molar-refractivity contribution < 1.29 is 18.7 Å². The minimum absolute atomic E-state index is 0.0667. The standard InChI is InChI=1S/C20H24N2O4/c1-3-15-9-10-18(26-15)20(24)22-12-6-11-21(13-14-22)19(23)16-7-4-5-8-17(16)25-2/h4-5,7-10H,3,6,11-14H2,1-2H3. The van der Waals surface area contributed by atoms with E-state index in [1.165, 1.54) is 0 Å². The molecule has 1 saturated heterocycles. The molecule has 0 aliphatic carbocycles. The first-order chi connectivity index (χ1) is 12.6. The van der Waals surface area contributed by atoms with E-state index in [0.717, 1.165) is 18.6 Å². The molecule has 1 aliphatic heterocycles. The Morgan fingerprint density at radius 2 is 1.69 bits per heavy atom. The molecule has 2 heterocycles. The molecule has 2 amide bonds. The molecule has 1 fully saturated rings. The van der Waals surface area contributed by atoms with Crippen molar-refractivity contribution in [2.75, 3.05) is 33.3 Å². The summed E-state index contributed by atoms with van der Waals surface area (Å²) in [7, 11) is 1.56. The van der Waals surface area contributed by atoms with Gasteiger partial charge in [0.05, 0.1) is 12.7 Å². The third kappa shape index (κ3) is 3.74. The number of carbonyl (C=O) groups excluding carboxylic acids is 2. The van der Waals surface area contributed by atoms with E-state index in [1.807, 2.05) is 25.1 Å². The minimum atomic E-state index is -0.115. The number of amides is 2. The highest BCUT2D eigenvalue weighted by Crippen LogP contribution is 2.20. The second kappa shape index (κ2) is 8.08. The molecule has 6 nitrogen and oxygen atoms in total. The number of ether oxygens (including phenoxy) is 1. The zero-order chi connectivity index (χ0) is 18.5. The number of hydrogen-bond donors (Lipinski definition) is 0. The average molecular weight is 356 g/mol. The van der Waals surface area contributed by atoms with Crippen LogP contribution in [0.15, 0.2) is 40.8 Å². The number of nitrogens with zero attached hydrogens (tertiary/aromatic N) is 2. The Kier molecular flexibility index (Phi) is 5.61. The van der Waals surface area contributed by atoms with E-state index in [2.05, 4.69) is 0 Å². The van der Waals surface area contributed by atoms with Crippen LogP contribution in [-0.4, -0.2) is 54.9 Å². The van der Waals surface area contributed by atoms with Crippen molar-refractivity contribution in [1.29, 1.82) is 0 Å². The molecular weight excluding hydrogens is 332 g/mol. The number of para-hydroxylation sites is 1. The SMILES string of the molecule is CCc1ccc(C(=O)N2CCCN(C(=O)c3ccccc3OC)CC2)o1. The second-order valence-electron chi connectivity index (χ2n) is 6.26. The number of aryl methyl sites for hydroxylation is 1. The van der Waals surface area contributed by atoms with E-state index in [1.54, 1.807) is 35.1 Å². The van der Waals surface area contributed by atoms with Crippen LogP contribution in [0.5, 0.6) is 5.75 Å². The third-order valence-electron chi connectivity index (χ3n) is 4.63. The number of furan rings is 1. The van der Waals surface area contributed by atoms with Crippen LogP contribution >= 0.6 is 0 Å². The normalized spacial score (nSPS) is 14.8. The summed E-state index contributed by atoms with van der Waals surface area (Å²) < 4.78 is 10.9. The molecule has 6 heteroatoms. The molecule has 0 N–H and O–H groups in total. The van der Waals surface area contributed by atoms with Crippen LogP contribution in [0.4, 0.5) is 0 Å². The molecule has 0 radical (unpaired) electrons.